The highest BCUT2D eigenvalue weighted by molar-refractivity contribution is 5.32. The van der Waals surface area contributed by atoms with Crippen LogP contribution in [-0.2, 0) is 6.54 Å². The van der Waals surface area contributed by atoms with Crippen LogP contribution >= 0.6 is 0 Å². The van der Waals surface area contributed by atoms with Crippen LogP contribution in [-0.4, -0.2) is 49.1 Å². The van der Waals surface area contributed by atoms with E-state index in [0.717, 1.165) is 13.1 Å². The molecule has 0 saturated carbocycles. The Kier molecular flexibility index (Phi) is 4.16. The van der Waals surface area contributed by atoms with E-state index in [9.17, 15) is 0 Å². The minimum absolute atomic E-state index is 0.578. The Morgan fingerprint density at radius 1 is 1.16 bits per heavy atom. The van der Waals surface area contributed by atoms with E-state index in [1.165, 1.54) is 44.7 Å². The zero-order valence-electron chi connectivity index (χ0n) is 11.9. The molecule has 1 aromatic rings. The Hall–Kier alpha value is -0.900. The largest absolute Gasteiger partial charge is 0.311 e. The molecule has 3 heteroatoms. The maximum atomic E-state index is 3.57. The first kappa shape index (κ1) is 13.1. The Bertz CT molecular complexity index is 410. The number of benzene rings is 1. The lowest BCUT2D eigenvalue weighted by Gasteiger charge is -2.41. The molecule has 0 aromatic heterocycles. The first-order valence-electron chi connectivity index (χ1n) is 7.63. The molecule has 1 aromatic carbocycles. The van der Waals surface area contributed by atoms with Crippen molar-refractivity contribution in [1.82, 2.24) is 15.1 Å². The molecule has 0 spiro atoms. The first-order chi connectivity index (χ1) is 9.38. The topological polar surface area (TPSA) is 18.5 Å². The summed E-state index contributed by atoms with van der Waals surface area (Å²) < 4.78 is 0. The summed E-state index contributed by atoms with van der Waals surface area (Å²) in [7, 11) is 0. The van der Waals surface area contributed by atoms with E-state index >= 15 is 0 Å². The van der Waals surface area contributed by atoms with Gasteiger partial charge in [-0.1, -0.05) is 31.2 Å². The summed E-state index contributed by atoms with van der Waals surface area (Å²) in [6.45, 7) is 10.5. The Labute approximate surface area is 116 Å². The van der Waals surface area contributed by atoms with Crippen LogP contribution in [0.1, 0.15) is 30.5 Å². The van der Waals surface area contributed by atoms with Crippen LogP contribution in [0.2, 0.25) is 0 Å². The average molecular weight is 259 g/mol. The lowest BCUT2D eigenvalue weighted by molar-refractivity contribution is 0.0918. The van der Waals surface area contributed by atoms with Gasteiger partial charge in [-0.15, -0.1) is 0 Å². The van der Waals surface area contributed by atoms with Gasteiger partial charge in [-0.2, -0.15) is 0 Å². The normalized spacial score (nSPS) is 25.2. The molecule has 0 bridgehead atoms. The Morgan fingerprint density at radius 2 is 1.95 bits per heavy atom. The SMILES string of the molecule is CCCN1CCN(C2CNCc3ccccc32)CC1. The Morgan fingerprint density at radius 3 is 2.74 bits per heavy atom. The van der Waals surface area contributed by atoms with E-state index in [0.29, 0.717) is 6.04 Å². The monoisotopic (exact) mass is 259 g/mol. The minimum Gasteiger partial charge on any atom is -0.311 e. The van der Waals surface area contributed by atoms with E-state index in [4.69, 9.17) is 0 Å². The molecule has 0 radical (unpaired) electrons. The molecule has 1 fully saturated rings. The van der Waals surface area contributed by atoms with Crippen molar-refractivity contribution in [2.24, 2.45) is 0 Å². The van der Waals surface area contributed by atoms with Crippen LogP contribution in [0.3, 0.4) is 0 Å². The number of nitrogens with zero attached hydrogens (tertiary/aromatic N) is 2. The van der Waals surface area contributed by atoms with Gasteiger partial charge >= 0.3 is 0 Å². The van der Waals surface area contributed by atoms with Crippen molar-refractivity contribution in [2.75, 3.05) is 39.3 Å². The molecule has 2 aliphatic rings. The number of hydrogen-bond donors (Lipinski definition) is 1. The van der Waals surface area contributed by atoms with Crippen LogP contribution in [0.5, 0.6) is 0 Å². The molecule has 0 aliphatic carbocycles. The summed E-state index contributed by atoms with van der Waals surface area (Å²) >= 11 is 0. The van der Waals surface area contributed by atoms with Crippen molar-refractivity contribution < 1.29 is 0 Å². The molecule has 1 unspecified atom stereocenters. The molecule has 1 saturated heterocycles. The maximum Gasteiger partial charge on any atom is 0.0477 e. The molecule has 3 rings (SSSR count). The van der Waals surface area contributed by atoms with Gasteiger partial charge in [0.15, 0.2) is 0 Å². The molecule has 2 heterocycles. The number of rotatable bonds is 3. The third-order valence-corrected chi connectivity index (χ3v) is 4.45. The molecule has 3 nitrogen and oxygen atoms in total. The van der Waals surface area contributed by atoms with E-state index < -0.39 is 0 Å². The fourth-order valence-electron chi connectivity index (χ4n) is 3.41. The van der Waals surface area contributed by atoms with E-state index in [1.54, 1.807) is 5.56 Å². The van der Waals surface area contributed by atoms with E-state index in [-0.39, 0.29) is 0 Å². The number of nitrogens with one attached hydrogen (secondary N) is 1. The van der Waals surface area contributed by atoms with Crippen molar-refractivity contribution in [3.8, 4) is 0 Å². The molecule has 1 N–H and O–H groups in total. The van der Waals surface area contributed by atoms with Crippen LogP contribution in [0.4, 0.5) is 0 Å². The summed E-state index contributed by atoms with van der Waals surface area (Å²) in [5.74, 6) is 0. The zero-order chi connectivity index (χ0) is 13.1. The average Bonchev–Trinajstić information content (AvgIpc) is 2.48. The van der Waals surface area contributed by atoms with Crippen molar-refractivity contribution >= 4 is 0 Å². The van der Waals surface area contributed by atoms with Crippen molar-refractivity contribution in [2.45, 2.75) is 25.9 Å². The predicted molar refractivity (Wildman–Crippen MR) is 79.2 cm³/mol. The van der Waals surface area contributed by atoms with Crippen LogP contribution < -0.4 is 5.32 Å². The van der Waals surface area contributed by atoms with Crippen molar-refractivity contribution in [3.63, 3.8) is 0 Å². The summed E-state index contributed by atoms with van der Waals surface area (Å²) in [4.78, 5) is 5.26. The summed E-state index contributed by atoms with van der Waals surface area (Å²) in [6, 6.07) is 9.50. The van der Waals surface area contributed by atoms with Gasteiger partial charge in [-0.3, -0.25) is 4.90 Å². The molecule has 0 amide bonds. The van der Waals surface area contributed by atoms with Crippen LogP contribution in [0.15, 0.2) is 24.3 Å². The minimum atomic E-state index is 0.578. The van der Waals surface area contributed by atoms with Gasteiger partial charge in [0.1, 0.15) is 0 Å². The second-order valence-corrected chi connectivity index (χ2v) is 5.72. The molecule has 1 atom stereocenters. The van der Waals surface area contributed by atoms with Gasteiger partial charge in [-0.05, 0) is 24.1 Å². The highest BCUT2D eigenvalue weighted by atomic mass is 15.3. The van der Waals surface area contributed by atoms with Gasteiger partial charge in [0.25, 0.3) is 0 Å². The summed E-state index contributed by atoms with van der Waals surface area (Å²) in [6.07, 6.45) is 1.27. The molecule has 2 aliphatic heterocycles. The van der Waals surface area contributed by atoms with Gasteiger partial charge in [0.05, 0.1) is 0 Å². The lowest BCUT2D eigenvalue weighted by Crippen LogP contribution is -2.50. The van der Waals surface area contributed by atoms with Crippen LogP contribution in [0, 0.1) is 0 Å². The Balaban J connectivity index is 1.68. The molecule has 19 heavy (non-hydrogen) atoms. The number of piperazine rings is 1. The predicted octanol–water partition coefficient (Wildman–Crippen LogP) is 1.86. The van der Waals surface area contributed by atoms with Crippen molar-refractivity contribution in [3.05, 3.63) is 35.4 Å². The third-order valence-electron chi connectivity index (χ3n) is 4.45. The first-order valence-corrected chi connectivity index (χ1v) is 7.63. The van der Waals surface area contributed by atoms with Crippen molar-refractivity contribution in [1.29, 1.82) is 0 Å². The molecule has 104 valence electrons. The van der Waals surface area contributed by atoms with Crippen LogP contribution in [0.25, 0.3) is 0 Å². The molecular weight excluding hydrogens is 234 g/mol. The molecular formula is C16H25N3. The number of fused-ring (bicyclic) bond motifs is 1. The van der Waals surface area contributed by atoms with Gasteiger partial charge < -0.3 is 10.2 Å². The van der Waals surface area contributed by atoms with E-state index in [2.05, 4.69) is 46.3 Å². The van der Waals surface area contributed by atoms with Gasteiger partial charge in [0, 0.05) is 45.3 Å². The van der Waals surface area contributed by atoms with Gasteiger partial charge in [0.2, 0.25) is 0 Å². The highest BCUT2D eigenvalue weighted by Crippen LogP contribution is 2.27. The maximum absolute atomic E-state index is 3.57. The second kappa shape index (κ2) is 6.04. The highest BCUT2D eigenvalue weighted by Gasteiger charge is 2.27. The quantitative estimate of drug-likeness (QED) is 0.894. The van der Waals surface area contributed by atoms with E-state index in [1.807, 2.05) is 0 Å². The fraction of sp³-hybridized carbons (Fsp3) is 0.625. The third kappa shape index (κ3) is 2.83. The summed E-state index contributed by atoms with van der Waals surface area (Å²) in [5, 5.41) is 3.57. The number of hydrogen-bond acceptors (Lipinski definition) is 3. The smallest absolute Gasteiger partial charge is 0.0477 e. The van der Waals surface area contributed by atoms with Gasteiger partial charge in [-0.25, -0.2) is 0 Å². The second-order valence-electron chi connectivity index (χ2n) is 5.72. The fourth-order valence-corrected chi connectivity index (χ4v) is 3.41. The standard InChI is InChI=1S/C16H25N3/c1-2-7-18-8-10-19(11-9-18)16-13-17-12-14-5-3-4-6-15(14)16/h3-6,16-17H,2,7-13H2,1H3. The lowest BCUT2D eigenvalue weighted by atomic mass is 9.95. The summed E-state index contributed by atoms with van der Waals surface area (Å²) in [5.41, 5.74) is 3.03. The zero-order valence-corrected chi connectivity index (χ0v) is 11.9.